The summed E-state index contributed by atoms with van der Waals surface area (Å²) in [5, 5.41) is 0. The van der Waals surface area contributed by atoms with E-state index in [1.165, 1.54) is 11.1 Å². The van der Waals surface area contributed by atoms with E-state index in [4.69, 9.17) is 5.73 Å². The first kappa shape index (κ1) is 11.5. The summed E-state index contributed by atoms with van der Waals surface area (Å²) < 4.78 is 0. The minimum atomic E-state index is -0.434. The Morgan fingerprint density at radius 1 is 1.50 bits per heavy atom. The third-order valence-corrected chi connectivity index (χ3v) is 4.17. The van der Waals surface area contributed by atoms with Gasteiger partial charge in [-0.3, -0.25) is 4.79 Å². The number of aromatic nitrogens is 1. The maximum Gasteiger partial charge on any atom is 0.248 e. The maximum atomic E-state index is 11.5. The first-order chi connectivity index (χ1) is 8.54. The first-order valence-corrected chi connectivity index (χ1v) is 6.40. The summed E-state index contributed by atoms with van der Waals surface area (Å²) in [6.07, 6.45) is 6.11. The van der Waals surface area contributed by atoms with Gasteiger partial charge in [0.2, 0.25) is 5.56 Å². The number of fused-ring (bicyclic) bond motifs is 4. The summed E-state index contributed by atoms with van der Waals surface area (Å²) >= 11 is 0. The van der Waals surface area contributed by atoms with E-state index < -0.39 is 5.54 Å². The van der Waals surface area contributed by atoms with Crippen molar-refractivity contribution in [3.05, 3.63) is 57.0 Å². The monoisotopic (exact) mass is 242 g/mol. The number of nitrogens with two attached hydrogens (primary N) is 1. The van der Waals surface area contributed by atoms with Crippen LogP contribution in [0.3, 0.4) is 0 Å². The lowest BCUT2D eigenvalue weighted by Gasteiger charge is -2.45. The molecule has 3 nitrogen and oxygen atoms in total. The molecule has 18 heavy (non-hydrogen) atoms. The van der Waals surface area contributed by atoms with E-state index in [9.17, 15) is 4.79 Å². The highest BCUT2D eigenvalue weighted by atomic mass is 16.1. The second-order valence-electron chi connectivity index (χ2n) is 5.43. The van der Waals surface area contributed by atoms with Gasteiger partial charge in [0.05, 0.1) is 5.54 Å². The van der Waals surface area contributed by atoms with Crippen molar-refractivity contribution in [2.24, 2.45) is 11.7 Å². The zero-order valence-electron chi connectivity index (χ0n) is 10.8. The van der Waals surface area contributed by atoms with Gasteiger partial charge in [0, 0.05) is 17.7 Å². The fourth-order valence-electron chi connectivity index (χ4n) is 3.57. The number of nitrogens with one attached hydrogen (secondary N) is 1. The SMILES string of the molecule is CC=C1C2C=C(C)C[C@@]1(N)c1ccc(=O)[nH]c1C2. The molecule has 0 aliphatic heterocycles. The molecule has 3 rings (SSSR count). The fourth-order valence-corrected chi connectivity index (χ4v) is 3.57. The van der Waals surface area contributed by atoms with E-state index in [-0.39, 0.29) is 5.56 Å². The van der Waals surface area contributed by atoms with Gasteiger partial charge >= 0.3 is 0 Å². The zero-order chi connectivity index (χ0) is 12.9. The molecule has 0 aromatic carbocycles. The highest BCUT2D eigenvalue weighted by Gasteiger charge is 2.43. The normalized spacial score (nSPS) is 32.1. The van der Waals surface area contributed by atoms with Crippen LogP contribution in [0.4, 0.5) is 0 Å². The first-order valence-electron chi connectivity index (χ1n) is 6.40. The van der Waals surface area contributed by atoms with Crippen LogP contribution in [0.2, 0.25) is 0 Å². The van der Waals surface area contributed by atoms with E-state index >= 15 is 0 Å². The number of aromatic amines is 1. The average molecular weight is 242 g/mol. The van der Waals surface area contributed by atoms with E-state index in [2.05, 4.69) is 31.0 Å². The molecule has 3 heteroatoms. The molecular formula is C15H18N2O. The highest BCUT2D eigenvalue weighted by molar-refractivity contribution is 5.48. The molecule has 0 fully saturated rings. The molecule has 2 aliphatic rings. The predicted molar refractivity (Wildman–Crippen MR) is 72.3 cm³/mol. The van der Waals surface area contributed by atoms with Crippen LogP contribution < -0.4 is 11.3 Å². The molecule has 2 aliphatic carbocycles. The standard InChI is InChI=1S/C15H18N2O/c1-3-11-10-6-9(2)8-15(11,16)12-4-5-14(18)17-13(12)7-10/h3-6,10H,7-8,16H2,1-2H3,(H,17,18)/t10?,15-/m0/s1. The highest BCUT2D eigenvalue weighted by Crippen LogP contribution is 2.47. The summed E-state index contributed by atoms with van der Waals surface area (Å²) in [5.74, 6) is 0.333. The summed E-state index contributed by atoms with van der Waals surface area (Å²) in [6, 6.07) is 3.47. The largest absolute Gasteiger partial charge is 0.326 e. The third-order valence-electron chi connectivity index (χ3n) is 4.17. The van der Waals surface area contributed by atoms with E-state index in [0.29, 0.717) is 5.92 Å². The van der Waals surface area contributed by atoms with Crippen molar-refractivity contribution in [2.45, 2.75) is 32.2 Å². The Labute approximate surface area is 106 Å². The number of hydrogen-bond acceptors (Lipinski definition) is 2. The van der Waals surface area contributed by atoms with Crippen molar-refractivity contribution in [1.29, 1.82) is 0 Å². The molecule has 0 saturated carbocycles. The number of H-pyrrole nitrogens is 1. The summed E-state index contributed by atoms with van der Waals surface area (Å²) in [5.41, 5.74) is 10.9. The Hall–Kier alpha value is -1.61. The quantitative estimate of drug-likeness (QED) is 0.684. The maximum absolute atomic E-state index is 11.5. The van der Waals surface area contributed by atoms with Crippen LogP contribution in [-0.4, -0.2) is 4.98 Å². The van der Waals surface area contributed by atoms with Crippen LogP contribution in [0.15, 0.2) is 40.2 Å². The topological polar surface area (TPSA) is 58.9 Å². The Balaban J connectivity index is 2.28. The van der Waals surface area contributed by atoms with Crippen LogP contribution in [0.5, 0.6) is 0 Å². The van der Waals surface area contributed by atoms with Crippen LogP contribution in [0.1, 0.15) is 31.5 Å². The second-order valence-corrected chi connectivity index (χ2v) is 5.43. The lowest BCUT2D eigenvalue weighted by atomic mass is 9.63. The van der Waals surface area contributed by atoms with Crippen LogP contribution in [0.25, 0.3) is 0 Å². The van der Waals surface area contributed by atoms with E-state index in [0.717, 1.165) is 24.1 Å². The van der Waals surface area contributed by atoms with Gasteiger partial charge in [-0.15, -0.1) is 0 Å². The molecule has 1 heterocycles. The molecule has 0 saturated heterocycles. The fraction of sp³-hybridized carbons (Fsp3) is 0.400. The summed E-state index contributed by atoms with van der Waals surface area (Å²) in [7, 11) is 0. The lowest BCUT2D eigenvalue weighted by molar-refractivity contribution is 0.409. The Kier molecular flexibility index (Phi) is 2.35. The van der Waals surface area contributed by atoms with E-state index in [1.54, 1.807) is 6.07 Å². The lowest BCUT2D eigenvalue weighted by Crippen LogP contribution is -2.48. The average Bonchev–Trinajstić information content (AvgIpc) is 2.26. The molecule has 1 aromatic rings. The smallest absolute Gasteiger partial charge is 0.248 e. The van der Waals surface area contributed by atoms with Crippen LogP contribution >= 0.6 is 0 Å². The number of pyridine rings is 1. The van der Waals surface area contributed by atoms with Gasteiger partial charge in [0.1, 0.15) is 0 Å². The van der Waals surface area contributed by atoms with Crippen LogP contribution in [0, 0.1) is 5.92 Å². The van der Waals surface area contributed by atoms with Gasteiger partial charge in [-0.05, 0) is 43.9 Å². The summed E-state index contributed by atoms with van der Waals surface area (Å²) in [4.78, 5) is 14.4. The molecular weight excluding hydrogens is 224 g/mol. The Morgan fingerprint density at radius 3 is 3.00 bits per heavy atom. The van der Waals surface area contributed by atoms with Crippen molar-refractivity contribution in [2.75, 3.05) is 0 Å². The molecule has 2 bridgehead atoms. The van der Waals surface area contributed by atoms with Gasteiger partial charge in [0.25, 0.3) is 0 Å². The van der Waals surface area contributed by atoms with Crippen molar-refractivity contribution in [1.82, 2.24) is 4.98 Å². The van der Waals surface area contributed by atoms with Gasteiger partial charge in [-0.2, -0.15) is 0 Å². The minimum absolute atomic E-state index is 0.0416. The minimum Gasteiger partial charge on any atom is -0.326 e. The predicted octanol–water partition coefficient (Wildman–Crippen LogP) is 2.00. The molecule has 1 unspecified atom stereocenters. The molecule has 0 radical (unpaired) electrons. The van der Waals surface area contributed by atoms with Gasteiger partial charge in [0.15, 0.2) is 0 Å². The van der Waals surface area contributed by atoms with Gasteiger partial charge in [-0.1, -0.05) is 17.7 Å². The van der Waals surface area contributed by atoms with Gasteiger partial charge < -0.3 is 10.7 Å². The number of hydrogen-bond donors (Lipinski definition) is 2. The van der Waals surface area contributed by atoms with E-state index in [1.807, 2.05) is 6.07 Å². The molecule has 1 aromatic heterocycles. The molecule has 2 atom stereocenters. The van der Waals surface area contributed by atoms with Crippen molar-refractivity contribution < 1.29 is 0 Å². The molecule has 3 N–H and O–H groups in total. The third kappa shape index (κ3) is 1.44. The molecule has 94 valence electrons. The molecule has 0 spiro atoms. The number of rotatable bonds is 0. The van der Waals surface area contributed by atoms with Crippen LogP contribution in [-0.2, 0) is 12.0 Å². The second kappa shape index (κ2) is 3.69. The van der Waals surface area contributed by atoms with Crippen molar-refractivity contribution in [3.8, 4) is 0 Å². The Bertz CT molecular complexity index is 624. The Morgan fingerprint density at radius 2 is 2.28 bits per heavy atom. The zero-order valence-corrected chi connectivity index (χ0v) is 10.8. The summed E-state index contributed by atoms with van der Waals surface area (Å²) in [6.45, 7) is 4.19. The van der Waals surface area contributed by atoms with Crippen molar-refractivity contribution >= 4 is 0 Å². The number of allylic oxidation sites excluding steroid dienone is 2. The van der Waals surface area contributed by atoms with Crippen molar-refractivity contribution in [3.63, 3.8) is 0 Å². The van der Waals surface area contributed by atoms with Gasteiger partial charge in [-0.25, -0.2) is 0 Å². The molecule has 0 amide bonds.